The van der Waals surface area contributed by atoms with Crippen LogP contribution in [0.1, 0.15) is 11.1 Å². The van der Waals surface area contributed by atoms with Gasteiger partial charge in [0.15, 0.2) is 0 Å². The van der Waals surface area contributed by atoms with Gasteiger partial charge in [0.1, 0.15) is 17.8 Å². The van der Waals surface area contributed by atoms with E-state index in [-0.39, 0.29) is 0 Å². The van der Waals surface area contributed by atoms with Crippen LogP contribution in [-0.4, -0.2) is 41.3 Å². The standard InChI is InChI=1S/C10H13NO3.C9H11NO2/c1-14-8-4-2-7(3-5-8)6-9(11)10(12)13;10-8(9(11)12)6-7-4-2-1-3-5-7/h2-5,9H,6,11H2,1H3,(H,12,13);1-5,8H,6,10H2,(H,11,12)/t9-;8-/m00/s1. The second kappa shape index (κ2) is 10.9. The van der Waals surface area contributed by atoms with Crippen LogP contribution in [0.25, 0.3) is 0 Å². The molecule has 2 atom stereocenters. The van der Waals surface area contributed by atoms with Crippen LogP contribution < -0.4 is 16.2 Å². The first-order valence-electron chi connectivity index (χ1n) is 7.97. The first-order valence-corrected chi connectivity index (χ1v) is 7.97. The highest BCUT2D eigenvalue weighted by atomic mass is 16.5. The van der Waals surface area contributed by atoms with Crippen LogP contribution in [-0.2, 0) is 22.4 Å². The molecule has 2 aromatic rings. The lowest BCUT2D eigenvalue weighted by molar-refractivity contribution is -0.139. The average Bonchev–Trinajstić information content (AvgIpc) is 2.63. The number of carboxylic acids is 2. The van der Waals surface area contributed by atoms with Gasteiger partial charge < -0.3 is 26.4 Å². The second-order valence-electron chi connectivity index (χ2n) is 5.63. The van der Waals surface area contributed by atoms with E-state index in [2.05, 4.69) is 0 Å². The van der Waals surface area contributed by atoms with E-state index in [9.17, 15) is 9.59 Å². The minimum absolute atomic E-state index is 0.333. The molecule has 0 amide bonds. The maximum absolute atomic E-state index is 10.5. The summed E-state index contributed by atoms with van der Waals surface area (Å²) < 4.78 is 4.97. The molecular weight excluding hydrogens is 336 g/mol. The molecule has 0 saturated carbocycles. The Morgan fingerprint density at radius 2 is 1.27 bits per heavy atom. The molecule has 6 N–H and O–H groups in total. The van der Waals surface area contributed by atoms with Crippen molar-refractivity contribution in [3.05, 3.63) is 65.7 Å². The van der Waals surface area contributed by atoms with E-state index in [1.54, 1.807) is 19.2 Å². The molecular formula is C19H24N2O5. The summed E-state index contributed by atoms with van der Waals surface area (Å²) in [6.07, 6.45) is 0.718. The highest BCUT2D eigenvalue weighted by Crippen LogP contribution is 2.12. The van der Waals surface area contributed by atoms with Gasteiger partial charge in [-0.05, 0) is 36.1 Å². The SMILES string of the molecule is COc1ccc(C[C@H](N)C(=O)O)cc1.N[C@@H](Cc1ccccc1)C(=O)O. The third-order valence-corrected chi connectivity index (χ3v) is 3.55. The first kappa shape index (κ1) is 21.1. The second-order valence-corrected chi connectivity index (χ2v) is 5.63. The highest BCUT2D eigenvalue weighted by Gasteiger charge is 2.12. The Bertz CT molecular complexity index is 689. The fourth-order valence-electron chi connectivity index (χ4n) is 2.06. The van der Waals surface area contributed by atoms with Crippen molar-refractivity contribution in [1.29, 1.82) is 0 Å². The van der Waals surface area contributed by atoms with Crippen molar-refractivity contribution in [2.24, 2.45) is 11.5 Å². The molecule has 2 aromatic carbocycles. The predicted molar refractivity (Wildman–Crippen MR) is 98.1 cm³/mol. The average molecular weight is 360 g/mol. The van der Waals surface area contributed by atoms with Crippen molar-refractivity contribution in [3.63, 3.8) is 0 Å². The molecule has 0 unspecified atom stereocenters. The van der Waals surface area contributed by atoms with E-state index in [0.717, 1.165) is 16.9 Å². The molecule has 0 spiro atoms. The Hall–Kier alpha value is -2.90. The lowest BCUT2D eigenvalue weighted by atomic mass is 10.1. The van der Waals surface area contributed by atoms with Crippen LogP contribution in [0.4, 0.5) is 0 Å². The zero-order valence-corrected chi connectivity index (χ0v) is 14.5. The minimum Gasteiger partial charge on any atom is -0.497 e. The smallest absolute Gasteiger partial charge is 0.320 e. The molecule has 0 aromatic heterocycles. The Labute approximate surface area is 152 Å². The monoisotopic (exact) mass is 360 g/mol. The van der Waals surface area contributed by atoms with Crippen molar-refractivity contribution < 1.29 is 24.5 Å². The van der Waals surface area contributed by atoms with E-state index in [4.69, 9.17) is 26.4 Å². The summed E-state index contributed by atoms with van der Waals surface area (Å²) in [5.41, 5.74) is 12.6. The Kier molecular flexibility index (Phi) is 8.83. The predicted octanol–water partition coefficient (Wildman–Crippen LogP) is 1.29. The molecule has 0 aliphatic rings. The minimum atomic E-state index is -0.985. The van der Waals surface area contributed by atoms with E-state index in [1.165, 1.54) is 0 Å². The summed E-state index contributed by atoms with van der Waals surface area (Å²) in [4.78, 5) is 20.9. The van der Waals surface area contributed by atoms with Crippen LogP contribution >= 0.6 is 0 Å². The normalized spacial score (nSPS) is 12.3. The van der Waals surface area contributed by atoms with Gasteiger partial charge in [-0.2, -0.15) is 0 Å². The molecule has 0 aliphatic carbocycles. The maximum Gasteiger partial charge on any atom is 0.320 e. The fourth-order valence-corrected chi connectivity index (χ4v) is 2.06. The van der Waals surface area contributed by atoms with Crippen LogP contribution in [0.3, 0.4) is 0 Å². The number of nitrogens with two attached hydrogens (primary N) is 2. The largest absolute Gasteiger partial charge is 0.497 e. The van der Waals surface area contributed by atoms with Gasteiger partial charge in [-0.25, -0.2) is 0 Å². The molecule has 7 nitrogen and oxygen atoms in total. The number of aliphatic carboxylic acids is 2. The number of hydrogen-bond acceptors (Lipinski definition) is 5. The number of carboxylic acid groups (broad SMARTS) is 2. The zero-order chi connectivity index (χ0) is 19.5. The zero-order valence-electron chi connectivity index (χ0n) is 14.5. The van der Waals surface area contributed by atoms with Crippen LogP contribution in [0.5, 0.6) is 5.75 Å². The molecule has 7 heteroatoms. The summed E-state index contributed by atoms with van der Waals surface area (Å²) in [6, 6.07) is 14.9. The van der Waals surface area contributed by atoms with Crippen molar-refractivity contribution in [1.82, 2.24) is 0 Å². The van der Waals surface area contributed by atoms with E-state index in [1.807, 2.05) is 42.5 Å². The van der Waals surface area contributed by atoms with Gasteiger partial charge >= 0.3 is 11.9 Å². The summed E-state index contributed by atoms with van der Waals surface area (Å²) >= 11 is 0. The fraction of sp³-hybridized carbons (Fsp3) is 0.263. The topological polar surface area (TPSA) is 136 Å². The van der Waals surface area contributed by atoms with Gasteiger partial charge in [0.25, 0.3) is 0 Å². The lowest BCUT2D eigenvalue weighted by Crippen LogP contribution is -2.32. The van der Waals surface area contributed by atoms with Crippen LogP contribution in [0.2, 0.25) is 0 Å². The molecule has 0 fully saturated rings. The van der Waals surface area contributed by atoms with Gasteiger partial charge in [-0.3, -0.25) is 9.59 Å². The number of benzene rings is 2. The van der Waals surface area contributed by atoms with E-state index >= 15 is 0 Å². The van der Waals surface area contributed by atoms with Crippen LogP contribution in [0, 0.1) is 0 Å². The van der Waals surface area contributed by atoms with Crippen molar-refractivity contribution >= 4 is 11.9 Å². The summed E-state index contributed by atoms with van der Waals surface area (Å²) in [5.74, 6) is -1.20. The molecule has 0 aliphatic heterocycles. The molecule has 0 bridgehead atoms. The first-order chi connectivity index (χ1) is 12.3. The van der Waals surface area contributed by atoms with Crippen molar-refractivity contribution in [3.8, 4) is 5.75 Å². The van der Waals surface area contributed by atoms with Gasteiger partial charge in [0, 0.05) is 0 Å². The Balaban J connectivity index is 0.000000263. The lowest BCUT2D eigenvalue weighted by Gasteiger charge is -2.06. The highest BCUT2D eigenvalue weighted by molar-refractivity contribution is 5.73. The van der Waals surface area contributed by atoms with E-state index < -0.39 is 24.0 Å². The van der Waals surface area contributed by atoms with E-state index in [0.29, 0.717) is 12.8 Å². The number of hydrogen-bond donors (Lipinski definition) is 4. The molecule has 26 heavy (non-hydrogen) atoms. The number of ether oxygens (including phenoxy) is 1. The molecule has 2 rings (SSSR count). The maximum atomic E-state index is 10.5. The molecule has 0 saturated heterocycles. The third-order valence-electron chi connectivity index (χ3n) is 3.55. The number of methoxy groups -OCH3 is 1. The summed E-state index contributed by atoms with van der Waals surface area (Å²) in [5, 5.41) is 17.1. The number of rotatable bonds is 7. The Morgan fingerprint density at radius 1 is 0.846 bits per heavy atom. The number of carbonyl (C=O) groups is 2. The van der Waals surface area contributed by atoms with Gasteiger partial charge in [-0.1, -0.05) is 42.5 Å². The molecule has 0 heterocycles. The molecule has 0 radical (unpaired) electrons. The summed E-state index contributed by atoms with van der Waals surface area (Å²) in [6.45, 7) is 0. The quantitative estimate of drug-likeness (QED) is 0.584. The van der Waals surface area contributed by atoms with Gasteiger partial charge in [0.2, 0.25) is 0 Å². The van der Waals surface area contributed by atoms with Gasteiger partial charge in [0.05, 0.1) is 7.11 Å². The Morgan fingerprint density at radius 3 is 1.65 bits per heavy atom. The molecule has 140 valence electrons. The van der Waals surface area contributed by atoms with Crippen molar-refractivity contribution in [2.75, 3.05) is 7.11 Å². The van der Waals surface area contributed by atoms with Crippen molar-refractivity contribution in [2.45, 2.75) is 24.9 Å². The van der Waals surface area contributed by atoms with Crippen LogP contribution in [0.15, 0.2) is 54.6 Å². The summed E-state index contributed by atoms with van der Waals surface area (Å²) in [7, 11) is 1.58. The van der Waals surface area contributed by atoms with Gasteiger partial charge in [-0.15, -0.1) is 0 Å². The third kappa shape index (κ3) is 7.78.